The van der Waals surface area contributed by atoms with Gasteiger partial charge in [0, 0.05) is 26.2 Å². The van der Waals surface area contributed by atoms with Gasteiger partial charge in [0.15, 0.2) is 0 Å². The van der Waals surface area contributed by atoms with Crippen molar-refractivity contribution >= 4 is 5.91 Å². The number of ether oxygens (including phenoxy) is 2. The topological polar surface area (TPSA) is 42.0 Å². The first-order valence-corrected chi connectivity index (χ1v) is 6.25. The third kappa shape index (κ3) is 6.00. The van der Waals surface area contributed by atoms with Crippen molar-refractivity contribution in [3.05, 3.63) is 0 Å². The summed E-state index contributed by atoms with van der Waals surface area (Å²) in [4.78, 5) is 15.8. The maximum absolute atomic E-state index is 11.7. The van der Waals surface area contributed by atoms with Gasteiger partial charge in [0.05, 0.1) is 19.3 Å². The number of hydrogen-bond donors (Lipinski definition) is 0. The van der Waals surface area contributed by atoms with Gasteiger partial charge >= 0.3 is 0 Å². The summed E-state index contributed by atoms with van der Waals surface area (Å²) in [6, 6.07) is 0. The van der Waals surface area contributed by atoms with E-state index in [9.17, 15) is 4.79 Å². The maximum Gasteiger partial charge on any atom is 0.248 e. The molecule has 1 amide bonds. The van der Waals surface area contributed by atoms with Crippen molar-refractivity contribution in [3.63, 3.8) is 0 Å². The zero-order valence-electron chi connectivity index (χ0n) is 11.1. The molecule has 0 N–H and O–H groups in total. The van der Waals surface area contributed by atoms with Crippen LogP contribution in [-0.4, -0.2) is 74.9 Å². The van der Waals surface area contributed by atoms with Crippen LogP contribution in [0, 0.1) is 0 Å². The molecule has 0 aromatic heterocycles. The molecule has 1 saturated heterocycles. The van der Waals surface area contributed by atoms with Gasteiger partial charge in [-0.05, 0) is 20.9 Å². The molecule has 0 saturated carbocycles. The third-order valence-electron chi connectivity index (χ3n) is 2.76. The Kier molecular flexibility index (Phi) is 6.47. The Balaban J connectivity index is 2.05. The standard InChI is InChI=1S/C12H24N2O3/c1-11(2)17-9-8-16-10-12(15)14-6-4-13(3)5-7-14/h11H,4-10H2,1-3H3. The van der Waals surface area contributed by atoms with Gasteiger partial charge in [0.2, 0.25) is 5.91 Å². The van der Waals surface area contributed by atoms with Crippen LogP contribution in [0.2, 0.25) is 0 Å². The van der Waals surface area contributed by atoms with Crippen LogP contribution in [0.1, 0.15) is 13.8 Å². The molecule has 0 aliphatic carbocycles. The van der Waals surface area contributed by atoms with E-state index in [0.717, 1.165) is 26.2 Å². The summed E-state index contributed by atoms with van der Waals surface area (Å²) in [5.74, 6) is 0.0858. The molecule has 100 valence electrons. The lowest BCUT2D eigenvalue weighted by Gasteiger charge is -2.32. The van der Waals surface area contributed by atoms with E-state index in [-0.39, 0.29) is 18.6 Å². The van der Waals surface area contributed by atoms with Crippen molar-refractivity contribution < 1.29 is 14.3 Å². The highest BCUT2D eigenvalue weighted by molar-refractivity contribution is 5.77. The Labute approximate surface area is 104 Å². The fraction of sp³-hybridized carbons (Fsp3) is 0.917. The average Bonchev–Trinajstić information content (AvgIpc) is 2.29. The van der Waals surface area contributed by atoms with Crippen molar-refractivity contribution in [2.24, 2.45) is 0 Å². The minimum atomic E-state index is 0.0858. The van der Waals surface area contributed by atoms with Gasteiger partial charge in [-0.1, -0.05) is 0 Å². The second-order valence-electron chi connectivity index (χ2n) is 4.66. The Hall–Kier alpha value is -0.650. The first kappa shape index (κ1) is 14.4. The summed E-state index contributed by atoms with van der Waals surface area (Å²) < 4.78 is 10.6. The number of amides is 1. The molecule has 0 aromatic carbocycles. The first-order valence-electron chi connectivity index (χ1n) is 6.25. The van der Waals surface area contributed by atoms with Crippen molar-refractivity contribution in [1.29, 1.82) is 0 Å². The highest BCUT2D eigenvalue weighted by Crippen LogP contribution is 1.99. The lowest BCUT2D eigenvalue weighted by molar-refractivity contribution is -0.138. The fourth-order valence-electron chi connectivity index (χ4n) is 1.65. The van der Waals surface area contributed by atoms with E-state index in [4.69, 9.17) is 9.47 Å². The van der Waals surface area contributed by atoms with Crippen molar-refractivity contribution in [2.75, 3.05) is 53.0 Å². The van der Waals surface area contributed by atoms with Gasteiger partial charge in [-0.15, -0.1) is 0 Å². The summed E-state index contributed by atoms with van der Waals surface area (Å²) in [6.07, 6.45) is 0.215. The van der Waals surface area contributed by atoms with Crippen LogP contribution in [0.25, 0.3) is 0 Å². The van der Waals surface area contributed by atoms with Crippen LogP contribution in [-0.2, 0) is 14.3 Å². The minimum Gasteiger partial charge on any atom is -0.376 e. The van der Waals surface area contributed by atoms with Crippen LogP contribution in [0.4, 0.5) is 0 Å². The van der Waals surface area contributed by atoms with Crippen LogP contribution in [0.5, 0.6) is 0 Å². The van der Waals surface area contributed by atoms with Gasteiger partial charge in [-0.2, -0.15) is 0 Å². The second kappa shape index (κ2) is 7.63. The van der Waals surface area contributed by atoms with E-state index >= 15 is 0 Å². The lowest BCUT2D eigenvalue weighted by atomic mass is 10.3. The van der Waals surface area contributed by atoms with Crippen LogP contribution < -0.4 is 0 Å². The Bertz CT molecular complexity index is 226. The molecule has 0 unspecified atom stereocenters. The van der Waals surface area contributed by atoms with Gasteiger partial charge in [-0.3, -0.25) is 4.79 Å². The molecule has 0 atom stereocenters. The molecular formula is C12H24N2O3. The van der Waals surface area contributed by atoms with Gasteiger partial charge in [0.1, 0.15) is 6.61 Å². The predicted octanol–water partition coefficient (Wildman–Crippen LogP) is 0.202. The van der Waals surface area contributed by atoms with E-state index < -0.39 is 0 Å². The third-order valence-corrected chi connectivity index (χ3v) is 2.76. The lowest BCUT2D eigenvalue weighted by Crippen LogP contribution is -2.48. The highest BCUT2D eigenvalue weighted by Gasteiger charge is 2.18. The number of likely N-dealkylation sites (N-methyl/N-ethyl adjacent to an activating group) is 1. The number of carbonyl (C=O) groups is 1. The summed E-state index contributed by atoms with van der Waals surface area (Å²) in [6.45, 7) is 8.67. The molecule has 0 radical (unpaired) electrons. The molecule has 1 aliphatic rings. The zero-order chi connectivity index (χ0) is 12.7. The van der Waals surface area contributed by atoms with E-state index in [1.807, 2.05) is 18.7 Å². The fourth-order valence-corrected chi connectivity index (χ4v) is 1.65. The molecule has 1 rings (SSSR count). The van der Waals surface area contributed by atoms with Gasteiger partial charge < -0.3 is 19.3 Å². The number of rotatable bonds is 6. The van der Waals surface area contributed by atoms with Crippen LogP contribution >= 0.6 is 0 Å². The molecule has 0 spiro atoms. The molecular weight excluding hydrogens is 220 g/mol. The number of piperazine rings is 1. The molecule has 5 nitrogen and oxygen atoms in total. The zero-order valence-corrected chi connectivity index (χ0v) is 11.1. The Morgan fingerprint density at radius 3 is 2.41 bits per heavy atom. The monoisotopic (exact) mass is 244 g/mol. The van der Waals surface area contributed by atoms with Gasteiger partial charge in [-0.25, -0.2) is 0 Å². The smallest absolute Gasteiger partial charge is 0.248 e. The second-order valence-corrected chi connectivity index (χ2v) is 4.66. The largest absolute Gasteiger partial charge is 0.376 e. The van der Waals surface area contributed by atoms with Crippen molar-refractivity contribution in [3.8, 4) is 0 Å². The predicted molar refractivity (Wildman–Crippen MR) is 66.0 cm³/mol. The molecule has 5 heteroatoms. The summed E-state index contributed by atoms with van der Waals surface area (Å²) in [5.41, 5.74) is 0. The highest BCUT2D eigenvalue weighted by atomic mass is 16.5. The normalized spacial score (nSPS) is 17.8. The SMILES string of the molecule is CC(C)OCCOCC(=O)N1CCN(C)CC1. The molecule has 1 fully saturated rings. The Morgan fingerprint density at radius 2 is 1.82 bits per heavy atom. The average molecular weight is 244 g/mol. The van der Waals surface area contributed by atoms with Crippen LogP contribution in [0.15, 0.2) is 0 Å². The summed E-state index contributed by atoms with van der Waals surface area (Å²) >= 11 is 0. The quantitative estimate of drug-likeness (QED) is 0.626. The minimum absolute atomic E-state index is 0.0858. The van der Waals surface area contributed by atoms with E-state index in [2.05, 4.69) is 11.9 Å². The number of carbonyl (C=O) groups excluding carboxylic acids is 1. The van der Waals surface area contributed by atoms with Gasteiger partial charge in [0.25, 0.3) is 0 Å². The summed E-state index contributed by atoms with van der Waals surface area (Å²) in [7, 11) is 2.07. The van der Waals surface area contributed by atoms with E-state index in [1.54, 1.807) is 0 Å². The van der Waals surface area contributed by atoms with Crippen molar-refractivity contribution in [1.82, 2.24) is 9.80 Å². The first-order chi connectivity index (χ1) is 8.09. The summed E-state index contributed by atoms with van der Waals surface area (Å²) in [5, 5.41) is 0. The molecule has 1 aliphatic heterocycles. The van der Waals surface area contributed by atoms with Crippen molar-refractivity contribution in [2.45, 2.75) is 20.0 Å². The Morgan fingerprint density at radius 1 is 1.18 bits per heavy atom. The molecule has 17 heavy (non-hydrogen) atoms. The number of nitrogens with zero attached hydrogens (tertiary/aromatic N) is 2. The van der Waals surface area contributed by atoms with Crippen LogP contribution in [0.3, 0.4) is 0 Å². The molecule has 1 heterocycles. The maximum atomic E-state index is 11.7. The molecule has 0 bridgehead atoms. The van der Waals surface area contributed by atoms with E-state index in [0.29, 0.717) is 13.2 Å². The molecule has 0 aromatic rings. The number of hydrogen-bond acceptors (Lipinski definition) is 4. The van der Waals surface area contributed by atoms with E-state index in [1.165, 1.54) is 0 Å².